The van der Waals surface area contributed by atoms with Gasteiger partial charge in [-0.15, -0.1) is 0 Å². The zero-order chi connectivity index (χ0) is 15.0. The molecule has 3 heterocycles. The molecule has 2 aromatic rings. The summed E-state index contributed by atoms with van der Waals surface area (Å²) in [6.07, 6.45) is 0.905. The average molecular weight is 356 g/mol. The molecule has 0 bridgehead atoms. The second-order valence-electron chi connectivity index (χ2n) is 4.96. The molecule has 8 heteroatoms. The second-order valence-corrected chi connectivity index (χ2v) is 5.75. The Bertz CT molecular complexity index is 653. The van der Waals surface area contributed by atoms with Crippen molar-refractivity contribution in [3.63, 3.8) is 0 Å². The van der Waals surface area contributed by atoms with Gasteiger partial charge in [-0.05, 0) is 29.8 Å². The number of ether oxygens (including phenoxy) is 1. The fraction of sp³-hybridized carbons (Fsp3) is 0.462. The summed E-state index contributed by atoms with van der Waals surface area (Å²) in [5, 5.41) is 3.76. The number of furan rings is 1. The van der Waals surface area contributed by atoms with Crippen LogP contribution in [-0.4, -0.2) is 40.1 Å². The highest BCUT2D eigenvalue weighted by Crippen LogP contribution is 2.26. The molecule has 0 radical (unpaired) electrons. The molecule has 2 aromatic heterocycles. The first-order valence-electron chi connectivity index (χ1n) is 6.52. The van der Waals surface area contributed by atoms with Crippen LogP contribution < -0.4 is 0 Å². The highest BCUT2D eigenvalue weighted by atomic mass is 79.9. The number of aromatic nitrogens is 2. The molecule has 112 valence electrons. The molecule has 0 saturated carbocycles. The molecule has 21 heavy (non-hydrogen) atoms. The van der Waals surface area contributed by atoms with Gasteiger partial charge < -0.3 is 18.6 Å². The fourth-order valence-corrected chi connectivity index (χ4v) is 2.64. The minimum atomic E-state index is -0.408. The number of hydrogen-bond donors (Lipinski definition) is 0. The Hall–Kier alpha value is -1.67. The summed E-state index contributed by atoms with van der Waals surface area (Å²) in [7, 11) is 0. The summed E-state index contributed by atoms with van der Waals surface area (Å²) in [5.41, 5.74) is 0.497. The fourth-order valence-electron chi connectivity index (χ4n) is 2.30. The summed E-state index contributed by atoms with van der Waals surface area (Å²) < 4.78 is 16.6. The molecule has 0 aliphatic carbocycles. The van der Waals surface area contributed by atoms with Gasteiger partial charge in [0.25, 0.3) is 11.8 Å². The van der Waals surface area contributed by atoms with Crippen LogP contribution in [-0.2, 0) is 4.74 Å². The minimum Gasteiger partial charge on any atom is -0.457 e. The van der Waals surface area contributed by atoms with E-state index in [2.05, 4.69) is 26.1 Å². The van der Waals surface area contributed by atoms with E-state index in [1.54, 1.807) is 17.9 Å². The first-order chi connectivity index (χ1) is 10.0. The summed E-state index contributed by atoms with van der Waals surface area (Å²) in [6.45, 7) is 4.52. The Balaban J connectivity index is 1.78. The van der Waals surface area contributed by atoms with Crippen molar-refractivity contribution in [3.05, 3.63) is 34.3 Å². The van der Waals surface area contributed by atoms with Crippen LogP contribution in [0, 0.1) is 6.92 Å². The topological polar surface area (TPSA) is 81.6 Å². The maximum atomic E-state index is 12.5. The molecule has 1 amide bonds. The van der Waals surface area contributed by atoms with E-state index < -0.39 is 6.10 Å². The van der Waals surface area contributed by atoms with Gasteiger partial charge in [-0.3, -0.25) is 4.79 Å². The number of carbonyl (C=O) groups excluding carboxylic acids is 1. The number of rotatable bonds is 2. The highest BCUT2D eigenvalue weighted by Gasteiger charge is 2.33. The predicted octanol–water partition coefficient (Wildman–Crippen LogP) is 2.34. The quantitative estimate of drug-likeness (QED) is 0.822. The van der Waals surface area contributed by atoms with Crippen LogP contribution in [0.3, 0.4) is 0 Å². The molecule has 0 spiro atoms. The van der Waals surface area contributed by atoms with Gasteiger partial charge in [-0.2, -0.15) is 4.98 Å². The third-order valence-electron chi connectivity index (χ3n) is 3.18. The van der Waals surface area contributed by atoms with E-state index in [-0.39, 0.29) is 12.0 Å². The van der Waals surface area contributed by atoms with Gasteiger partial charge in [0.1, 0.15) is 6.26 Å². The summed E-state index contributed by atoms with van der Waals surface area (Å²) >= 11 is 3.19. The Morgan fingerprint density at radius 2 is 2.29 bits per heavy atom. The summed E-state index contributed by atoms with van der Waals surface area (Å²) in [6, 6.07) is 1.65. The van der Waals surface area contributed by atoms with Crippen molar-refractivity contribution in [3.8, 4) is 0 Å². The van der Waals surface area contributed by atoms with Gasteiger partial charge in [-0.1, -0.05) is 5.16 Å². The van der Waals surface area contributed by atoms with Crippen LogP contribution >= 0.6 is 15.9 Å². The van der Waals surface area contributed by atoms with Crippen molar-refractivity contribution in [2.24, 2.45) is 0 Å². The third kappa shape index (κ3) is 3.01. The monoisotopic (exact) mass is 355 g/mol. The van der Waals surface area contributed by atoms with Crippen molar-refractivity contribution in [1.29, 1.82) is 0 Å². The van der Waals surface area contributed by atoms with Gasteiger partial charge in [0, 0.05) is 12.6 Å². The number of nitrogens with zero attached hydrogens (tertiary/aromatic N) is 3. The van der Waals surface area contributed by atoms with Gasteiger partial charge >= 0.3 is 0 Å². The van der Waals surface area contributed by atoms with Crippen LogP contribution in [0.4, 0.5) is 0 Å². The lowest BCUT2D eigenvalue weighted by Crippen LogP contribution is -2.46. The summed E-state index contributed by atoms with van der Waals surface area (Å²) in [5.74, 6) is 0.828. The number of aryl methyl sites for hydroxylation is 1. The SMILES string of the molecule is Cc1noc([C@H]2CN(C(=O)c3coc(Br)c3)C[C@@H](C)O2)n1. The van der Waals surface area contributed by atoms with E-state index in [1.807, 2.05) is 6.92 Å². The zero-order valence-corrected chi connectivity index (χ0v) is 13.2. The average Bonchev–Trinajstić information content (AvgIpc) is 3.06. The van der Waals surface area contributed by atoms with E-state index in [1.165, 1.54) is 6.26 Å². The van der Waals surface area contributed by atoms with Crippen LogP contribution in [0.15, 0.2) is 25.9 Å². The molecular formula is C13H14BrN3O4. The number of morpholine rings is 1. The van der Waals surface area contributed by atoms with Gasteiger partial charge in [-0.25, -0.2) is 0 Å². The third-order valence-corrected chi connectivity index (χ3v) is 3.60. The molecule has 1 fully saturated rings. The Morgan fingerprint density at radius 3 is 2.90 bits per heavy atom. The maximum Gasteiger partial charge on any atom is 0.257 e. The number of carbonyl (C=O) groups is 1. The molecular weight excluding hydrogens is 342 g/mol. The highest BCUT2D eigenvalue weighted by molar-refractivity contribution is 9.10. The lowest BCUT2D eigenvalue weighted by atomic mass is 10.2. The molecule has 1 aliphatic rings. The molecule has 7 nitrogen and oxygen atoms in total. The molecule has 0 unspecified atom stereocenters. The molecule has 2 atom stereocenters. The van der Waals surface area contributed by atoms with E-state index in [0.29, 0.717) is 35.0 Å². The number of amides is 1. The van der Waals surface area contributed by atoms with Crippen LogP contribution in [0.5, 0.6) is 0 Å². The van der Waals surface area contributed by atoms with E-state index in [0.717, 1.165) is 0 Å². The molecule has 1 saturated heterocycles. The van der Waals surface area contributed by atoms with Gasteiger partial charge in [0.2, 0.25) is 0 Å². The smallest absolute Gasteiger partial charge is 0.257 e. The van der Waals surface area contributed by atoms with Crippen LogP contribution in [0.2, 0.25) is 0 Å². The first-order valence-corrected chi connectivity index (χ1v) is 7.31. The first kappa shape index (κ1) is 14.3. The van der Waals surface area contributed by atoms with Crippen LogP contribution in [0.1, 0.15) is 35.1 Å². The van der Waals surface area contributed by atoms with Gasteiger partial charge in [0.05, 0.1) is 18.2 Å². The normalized spacial score (nSPS) is 22.5. The van der Waals surface area contributed by atoms with Crippen molar-refractivity contribution >= 4 is 21.8 Å². The largest absolute Gasteiger partial charge is 0.457 e. The van der Waals surface area contributed by atoms with Crippen molar-refractivity contribution in [2.45, 2.75) is 26.1 Å². The summed E-state index contributed by atoms with van der Waals surface area (Å²) in [4.78, 5) is 18.3. The number of halogens is 1. The zero-order valence-electron chi connectivity index (χ0n) is 11.6. The predicted molar refractivity (Wildman–Crippen MR) is 74.6 cm³/mol. The molecule has 1 aliphatic heterocycles. The Kier molecular flexibility index (Phi) is 3.81. The molecule has 0 N–H and O–H groups in total. The van der Waals surface area contributed by atoms with Crippen LogP contribution in [0.25, 0.3) is 0 Å². The standard InChI is InChI=1S/C13H14BrN3O4/c1-7-4-17(13(18)9-3-11(14)19-6-9)5-10(20-7)12-15-8(2)16-21-12/h3,6-7,10H,4-5H2,1-2H3/t7-,10-/m1/s1. The van der Waals surface area contributed by atoms with E-state index in [4.69, 9.17) is 13.7 Å². The lowest BCUT2D eigenvalue weighted by molar-refractivity contribution is -0.0810. The van der Waals surface area contributed by atoms with E-state index >= 15 is 0 Å². The van der Waals surface area contributed by atoms with Crippen molar-refractivity contribution in [2.75, 3.05) is 13.1 Å². The minimum absolute atomic E-state index is 0.110. The molecule has 0 aromatic carbocycles. The van der Waals surface area contributed by atoms with E-state index in [9.17, 15) is 4.79 Å². The maximum absolute atomic E-state index is 12.5. The van der Waals surface area contributed by atoms with Crippen molar-refractivity contribution < 1.29 is 18.5 Å². The second kappa shape index (κ2) is 5.61. The Labute approximate surface area is 129 Å². The van der Waals surface area contributed by atoms with Gasteiger partial charge in [0.15, 0.2) is 16.6 Å². The lowest BCUT2D eigenvalue weighted by Gasteiger charge is -2.35. The Morgan fingerprint density at radius 1 is 1.48 bits per heavy atom. The molecule has 3 rings (SSSR count). The number of hydrogen-bond acceptors (Lipinski definition) is 6. The van der Waals surface area contributed by atoms with Crippen molar-refractivity contribution in [1.82, 2.24) is 15.0 Å².